The maximum atomic E-state index is 11.5. The van der Waals surface area contributed by atoms with E-state index in [1.807, 2.05) is 0 Å². The first-order chi connectivity index (χ1) is 14.4. The van der Waals surface area contributed by atoms with Gasteiger partial charge in [0.15, 0.2) is 0 Å². The lowest BCUT2D eigenvalue weighted by Gasteiger charge is -2.61. The van der Waals surface area contributed by atoms with Crippen LogP contribution in [-0.4, -0.2) is 16.8 Å². The van der Waals surface area contributed by atoms with Crippen LogP contribution in [0.5, 0.6) is 0 Å². The Hall–Kier alpha value is -1.38. The van der Waals surface area contributed by atoms with E-state index in [9.17, 15) is 9.90 Å². The molecule has 6 aliphatic rings. The molecule has 0 saturated heterocycles. The average molecular weight is 408 g/mol. The highest BCUT2D eigenvalue weighted by Gasteiger charge is 2.76. The summed E-state index contributed by atoms with van der Waals surface area (Å²) in [5.41, 5.74) is 3.40. The second-order valence-electron chi connectivity index (χ2n) is 11.7. The first-order valence-electron chi connectivity index (χ1n) is 12.6. The Bertz CT molecular complexity index is 866. The maximum absolute atomic E-state index is 11.5. The maximum Gasteiger partial charge on any atom is 0.327 e. The zero-order valence-corrected chi connectivity index (χ0v) is 18.6. The van der Waals surface area contributed by atoms with Gasteiger partial charge < -0.3 is 10.5 Å². The Balaban J connectivity index is 1.43. The first kappa shape index (κ1) is 19.3. The topological polar surface area (TPSA) is 61.1 Å². The molecule has 3 heteroatoms. The highest BCUT2D eigenvalue weighted by molar-refractivity contribution is 5.94. The summed E-state index contributed by atoms with van der Waals surface area (Å²) in [6, 6.07) is 0. The van der Waals surface area contributed by atoms with Gasteiger partial charge in [-0.3, -0.25) is 0 Å². The summed E-state index contributed by atoms with van der Waals surface area (Å²) in [5.74, 6) is 3.95. The van der Waals surface area contributed by atoms with Gasteiger partial charge in [0.1, 0.15) is 0 Å². The van der Waals surface area contributed by atoms with E-state index in [-0.39, 0.29) is 5.41 Å². The van der Waals surface area contributed by atoms with Crippen molar-refractivity contribution >= 4 is 11.7 Å². The molecule has 0 bridgehead atoms. The molecule has 1 spiro atoms. The number of rotatable bonds is 4. The number of allylic oxidation sites excluding steroid dienone is 3. The Morgan fingerprint density at radius 1 is 1.17 bits per heavy atom. The fourth-order valence-electron chi connectivity index (χ4n) is 10.1. The van der Waals surface area contributed by atoms with E-state index < -0.39 is 5.97 Å². The molecule has 0 aliphatic heterocycles. The summed E-state index contributed by atoms with van der Waals surface area (Å²) < 4.78 is 0. The van der Waals surface area contributed by atoms with E-state index in [1.165, 1.54) is 57.4 Å². The fraction of sp³-hybridized carbons (Fsp3) is 0.778. The quantitative estimate of drug-likeness (QED) is 0.541. The monoisotopic (exact) mass is 407 g/mol. The Kier molecular flexibility index (Phi) is 3.93. The number of carboxylic acid groups (broad SMARTS) is 1. The van der Waals surface area contributed by atoms with Crippen LogP contribution in [0.2, 0.25) is 0 Å². The van der Waals surface area contributed by atoms with Crippen molar-refractivity contribution in [3.8, 4) is 0 Å². The largest absolute Gasteiger partial charge is 0.478 e. The molecule has 0 aromatic rings. The van der Waals surface area contributed by atoms with Crippen LogP contribution in [0.3, 0.4) is 0 Å². The number of carboxylic acids is 1. The van der Waals surface area contributed by atoms with Gasteiger partial charge in [-0.25, -0.2) is 4.79 Å². The van der Waals surface area contributed by atoms with Crippen molar-refractivity contribution in [2.45, 2.75) is 78.1 Å². The summed E-state index contributed by atoms with van der Waals surface area (Å²) in [5, 5.41) is 17.7. The summed E-state index contributed by atoms with van der Waals surface area (Å²) in [7, 11) is 0. The van der Waals surface area contributed by atoms with Gasteiger partial charge in [0.2, 0.25) is 0 Å². The normalized spacial score (nSPS) is 49.8. The molecule has 162 valence electrons. The van der Waals surface area contributed by atoms with Crippen LogP contribution in [0.1, 0.15) is 78.1 Å². The number of fused-ring (bicyclic) bond motifs is 8. The van der Waals surface area contributed by atoms with E-state index in [0.29, 0.717) is 16.7 Å². The van der Waals surface area contributed by atoms with Crippen LogP contribution in [0.25, 0.3) is 0 Å². The van der Waals surface area contributed by atoms with Crippen molar-refractivity contribution in [1.29, 1.82) is 5.41 Å². The molecule has 0 heterocycles. The van der Waals surface area contributed by atoms with E-state index in [2.05, 4.69) is 26.0 Å². The SMILES string of the molecule is CCC1(/C=C\C(=O)O)C2CC2C2C3CC4(CC4)C4=CC(=N)CCC4C3CC[C@@]21CC. The van der Waals surface area contributed by atoms with Gasteiger partial charge in [-0.05, 0) is 122 Å². The van der Waals surface area contributed by atoms with E-state index in [0.717, 1.165) is 48.1 Å². The number of aliphatic carboxylic acids is 1. The van der Waals surface area contributed by atoms with E-state index in [1.54, 1.807) is 5.57 Å². The molecule has 7 unspecified atom stereocenters. The Morgan fingerprint density at radius 2 is 1.97 bits per heavy atom. The van der Waals surface area contributed by atoms with Gasteiger partial charge in [0.05, 0.1) is 0 Å². The number of carbonyl (C=O) groups is 1. The standard InChI is InChI=1S/C27H37NO2/c1-3-26(10-8-23(29)30)22-14-19(22)24-20-15-25(11-12-25)21-13-16(28)5-6-18(21)17(20)7-9-27(24,26)4-2/h8,10,13,17-20,22,24,28H,3-7,9,11-12,14-15H2,1-2H3,(H,29,30)/b10-8-,28-16?/t17?,18?,19?,20?,22?,24?,26?,27-/m0/s1. The van der Waals surface area contributed by atoms with Crippen LogP contribution in [-0.2, 0) is 4.79 Å². The molecule has 0 aromatic carbocycles. The average Bonchev–Trinajstić information content (AvgIpc) is 3.66. The molecule has 0 radical (unpaired) electrons. The summed E-state index contributed by atoms with van der Waals surface area (Å²) in [4.78, 5) is 11.5. The third kappa shape index (κ3) is 2.22. The Labute approximate surface area is 180 Å². The molecular weight excluding hydrogens is 370 g/mol. The number of hydrogen-bond donors (Lipinski definition) is 2. The van der Waals surface area contributed by atoms with Crippen molar-refractivity contribution < 1.29 is 9.90 Å². The van der Waals surface area contributed by atoms with Crippen LogP contribution in [0.15, 0.2) is 23.8 Å². The van der Waals surface area contributed by atoms with Crippen molar-refractivity contribution in [2.24, 2.45) is 51.8 Å². The molecule has 5 saturated carbocycles. The van der Waals surface area contributed by atoms with E-state index in [4.69, 9.17) is 5.41 Å². The number of nitrogens with one attached hydrogen (secondary N) is 1. The first-order valence-corrected chi connectivity index (χ1v) is 12.6. The molecule has 8 atom stereocenters. The minimum atomic E-state index is -0.780. The van der Waals surface area contributed by atoms with Crippen molar-refractivity contribution in [3.05, 3.63) is 23.8 Å². The molecule has 0 aromatic heterocycles. The zero-order chi connectivity index (χ0) is 20.9. The van der Waals surface area contributed by atoms with Crippen molar-refractivity contribution in [3.63, 3.8) is 0 Å². The molecule has 2 N–H and O–H groups in total. The van der Waals surface area contributed by atoms with Crippen LogP contribution < -0.4 is 0 Å². The van der Waals surface area contributed by atoms with Gasteiger partial charge >= 0.3 is 5.97 Å². The predicted octanol–water partition coefficient (Wildman–Crippen LogP) is 6.25. The highest BCUT2D eigenvalue weighted by atomic mass is 16.4. The Morgan fingerprint density at radius 3 is 2.63 bits per heavy atom. The second kappa shape index (κ2) is 6.11. The van der Waals surface area contributed by atoms with Crippen LogP contribution in [0, 0.1) is 57.2 Å². The second-order valence-corrected chi connectivity index (χ2v) is 11.7. The zero-order valence-electron chi connectivity index (χ0n) is 18.6. The lowest BCUT2D eigenvalue weighted by Crippen LogP contribution is -2.54. The summed E-state index contributed by atoms with van der Waals surface area (Å²) in [6.45, 7) is 4.73. The van der Waals surface area contributed by atoms with Crippen molar-refractivity contribution in [2.75, 3.05) is 0 Å². The van der Waals surface area contributed by atoms with Crippen molar-refractivity contribution in [1.82, 2.24) is 0 Å². The minimum Gasteiger partial charge on any atom is -0.478 e. The summed E-state index contributed by atoms with van der Waals surface area (Å²) >= 11 is 0. The smallest absolute Gasteiger partial charge is 0.327 e. The lowest BCUT2D eigenvalue weighted by atomic mass is 9.44. The van der Waals surface area contributed by atoms with Gasteiger partial charge in [0.25, 0.3) is 0 Å². The predicted molar refractivity (Wildman–Crippen MR) is 118 cm³/mol. The fourth-order valence-corrected chi connectivity index (χ4v) is 10.1. The van der Waals surface area contributed by atoms with Gasteiger partial charge in [-0.15, -0.1) is 0 Å². The van der Waals surface area contributed by atoms with Crippen LogP contribution >= 0.6 is 0 Å². The molecule has 6 rings (SSSR count). The van der Waals surface area contributed by atoms with Gasteiger partial charge in [-0.1, -0.05) is 25.5 Å². The lowest BCUT2D eigenvalue weighted by molar-refractivity contribution is -0.131. The van der Waals surface area contributed by atoms with E-state index >= 15 is 0 Å². The van der Waals surface area contributed by atoms with Gasteiger partial charge in [-0.2, -0.15) is 0 Å². The third-order valence-corrected chi connectivity index (χ3v) is 11.3. The molecule has 30 heavy (non-hydrogen) atoms. The molecule has 3 nitrogen and oxygen atoms in total. The molecule has 6 aliphatic carbocycles. The summed E-state index contributed by atoms with van der Waals surface area (Å²) in [6.07, 6.45) is 18.5. The van der Waals surface area contributed by atoms with Crippen LogP contribution in [0.4, 0.5) is 0 Å². The molecule has 0 amide bonds. The molecular formula is C27H37NO2. The number of hydrogen-bond acceptors (Lipinski definition) is 2. The highest BCUT2D eigenvalue weighted by Crippen LogP contribution is 2.82. The van der Waals surface area contributed by atoms with Gasteiger partial charge in [0, 0.05) is 11.8 Å². The third-order valence-electron chi connectivity index (χ3n) is 11.3. The minimum absolute atomic E-state index is 0.0992. The molecule has 5 fully saturated rings.